The smallest absolute Gasteiger partial charge is 0.354 e. The molecular weight excluding hydrogens is 160 g/mol. The molecule has 0 radical (unpaired) electrons. The number of rotatable bonds is 4. The highest BCUT2D eigenvalue weighted by atomic mass is 16.5. The molecule has 0 fully saturated rings. The lowest BCUT2D eigenvalue weighted by atomic mass is 10.5. The van der Waals surface area contributed by atoms with Crippen molar-refractivity contribution in [3.05, 3.63) is 0 Å². The molecule has 0 aliphatic carbocycles. The lowest BCUT2D eigenvalue weighted by Gasteiger charge is -2.21. The van der Waals surface area contributed by atoms with Crippen LogP contribution in [0.4, 0.5) is 0 Å². The van der Waals surface area contributed by atoms with E-state index in [9.17, 15) is 4.79 Å². The van der Waals surface area contributed by atoms with Crippen molar-refractivity contribution in [2.45, 2.75) is 13.2 Å². The van der Waals surface area contributed by atoms with Crippen molar-refractivity contribution in [2.75, 3.05) is 19.7 Å². The number of hydrogen-bond acceptors (Lipinski definition) is 4. The Hall–Kier alpha value is -1.10. The van der Waals surface area contributed by atoms with Crippen LogP contribution in [-0.2, 0) is 9.53 Å². The highest BCUT2D eigenvalue weighted by molar-refractivity contribution is 5.76. The minimum Gasteiger partial charge on any atom is -0.478 e. The molecule has 0 aromatic carbocycles. The van der Waals surface area contributed by atoms with Crippen molar-refractivity contribution in [3.8, 4) is 0 Å². The molecule has 1 aliphatic rings. The molecule has 12 heavy (non-hydrogen) atoms. The Morgan fingerprint density at radius 3 is 3.08 bits per heavy atom. The van der Waals surface area contributed by atoms with Gasteiger partial charge in [-0.3, -0.25) is 4.99 Å². The Bertz CT molecular complexity index is 193. The molecule has 0 aromatic heterocycles. The third-order valence-electron chi connectivity index (χ3n) is 1.55. The van der Waals surface area contributed by atoms with Gasteiger partial charge in [-0.2, -0.15) is 0 Å². The molecule has 68 valence electrons. The van der Waals surface area contributed by atoms with E-state index in [1.807, 2.05) is 0 Å². The molecular formula is C7H12N2O3. The molecule has 1 aliphatic heterocycles. The van der Waals surface area contributed by atoms with E-state index in [0.29, 0.717) is 19.7 Å². The topological polar surface area (TPSA) is 62.1 Å². The van der Waals surface area contributed by atoms with E-state index < -0.39 is 12.2 Å². The SMILES string of the molecule is CCOC(C(=O)O)N1C=NCC1. The largest absolute Gasteiger partial charge is 0.478 e. The minimum atomic E-state index is -0.967. The first-order valence-corrected chi connectivity index (χ1v) is 3.85. The predicted octanol–water partition coefficient (Wildman–Crippen LogP) is -0.223. The quantitative estimate of drug-likeness (QED) is 0.636. The third-order valence-corrected chi connectivity index (χ3v) is 1.55. The van der Waals surface area contributed by atoms with Crippen molar-refractivity contribution >= 4 is 12.3 Å². The van der Waals surface area contributed by atoms with Gasteiger partial charge < -0.3 is 14.7 Å². The molecule has 0 saturated carbocycles. The molecule has 1 heterocycles. The van der Waals surface area contributed by atoms with Crippen LogP contribution in [0.3, 0.4) is 0 Å². The van der Waals surface area contributed by atoms with Crippen LogP contribution in [0.2, 0.25) is 0 Å². The monoisotopic (exact) mass is 172 g/mol. The summed E-state index contributed by atoms with van der Waals surface area (Å²) in [4.78, 5) is 16.1. The van der Waals surface area contributed by atoms with Crippen molar-refractivity contribution in [3.63, 3.8) is 0 Å². The predicted molar refractivity (Wildman–Crippen MR) is 43.1 cm³/mol. The van der Waals surface area contributed by atoms with Gasteiger partial charge in [0.2, 0.25) is 6.23 Å². The van der Waals surface area contributed by atoms with Gasteiger partial charge in [-0.1, -0.05) is 0 Å². The number of aliphatic carboxylic acids is 1. The first kappa shape index (κ1) is 8.99. The second-order valence-electron chi connectivity index (χ2n) is 2.41. The van der Waals surface area contributed by atoms with E-state index in [4.69, 9.17) is 9.84 Å². The summed E-state index contributed by atoms with van der Waals surface area (Å²) in [5.74, 6) is -0.967. The van der Waals surface area contributed by atoms with E-state index >= 15 is 0 Å². The van der Waals surface area contributed by atoms with Crippen molar-refractivity contribution < 1.29 is 14.6 Å². The standard InChI is InChI=1S/C7H12N2O3/c1-2-12-6(7(10)11)9-4-3-8-5-9/h5-6H,2-4H2,1H3,(H,10,11). The Kier molecular flexibility index (Phi) is 3.04. The minimum absolute atomic E-state index is 0.390. The Labute approximate surface area is 70.6 Å². The lowest BCUT2D eigenvalue weighted by molar-refractivity contribution is -0.158. The number of aliphatic imine (C=N–C) groups is 1. The average Bonchev–Trinajstić information content (AvgIpc) is 2.51. The molecule has 1 unspecified atom stereocenters. The summed E-state index contributed by atoms with van der Waals surface area (Å²) in [6, 6.07) is 0. The van der Waals surface area contributed by atoms with Gasteiger partial charge in [-0.15, -0.1) is 0 Å². The second-order valence-corrected chi connectivity index (χ2v) is 2.41. The third kappa shape index (κ3) is 1.94. The van der Waals surface area contributed by atoms with E-state index in [1.54, 1.807) is 11.8 Å². The molecule has 0 saturated heterocycles. The van der Waals surface area contributed by atoms with Gasteiger partial charge in [0.1, 0.15) is 0 Å². The zero-order valence-electron chi connectivity index (χ0n) is 6.93. The van der Waals surface area contributed by atoms with Crippen LogP contribution in [0, 0.1) is 0 Å². The number of nitrogens with zero attached hydrogens (tertiary/aromatic N) is 2. The van der Waals surface area contributed by atoms with Crippen molar-refractivity contribution in [1.82, 2.24) is 4.90 Å². The zero-order chi connectivity index (χ0) is 8.97. The van der Waals surface area contributed by atoms with Crippen LogP contribution in [0.1, 0.15) is 6.92 Å². The van der Waals surface area contributed by atoms with Crippen LogP contribution >= 0.6 is 0 Å². The van der Waals surface area contributed by atoms with Gasteiger partial charge in [0.25, 0.3) is 0 Å². The maximum Gasteiger partial charge on any atom is 0.354 e. The van der Waals surface area contributed by atoms with E-state index in [0.717, 1.165) is 0 Å². The van der Waals surface area contributed by atoms with Crippen LogP contribution in [-0.4, -0.2) is 48.2 Å². The van der Waals surface area contributed by atoms with Gasteiger partial charge in [-0.05, 0) is 6.92 Å². The second kappa shape index (κ2) is 4.06. The fourth-order valence-electron chi connectivity index (χ4n) is 1.04. The number of carboxylic acid groups (broad SMARTS) is 1. The van der Waals surface area contributed by atoms with E-state index in [2.05, 4.69) is 4.99 Å². The van der Waals surface area contributed by atoms with Crippen LogP contribution < -0.4 is 0 Å². The fourth-order valence-corrected chi connectivity index (χ4v) is 1.04. The number of hydrogen-bond donors (Lipinski definition) is 1. The van der Waals surface area contributed by atoms with Crippen LogP contribution in [0.25, 0.3) is 0 Å². The van der Waals surface area contributed by atoms with Gasteiger partial charge in [-0.25, -0.2) is 4.79 Å². The highest BCUT2D eigenvalue weighted by Gasteiger charge is 2.25. The number of carboxylic acids is 1. The summed E-state index contributed by atoms with van der Waals surface area (Å²) in [6.45, 7) is 3.43. The van der Waals surface area contributed by atoms with Crippen LogP contribution in [0.5, 0.6) is 0 Å². The molecule has 1 N–H and O–H groups in total. The average molecular weight is 172 g/mol. The van der Waals surface area contributed by atoms with Crippen molar-refractivity contribution in [1.29, 1.82) is 0 Å². The summed E-state index contributed by atoms with van der Waals surface area (Å²) < 4.78 is 5.02. The molecule has 1 atom stereocenters. The molecule has 0 spiro atoms. The maximum absolute atomic E-state index is 10.6. The summed E-state index contributed by atoms with van der Waals surface area (Å²) in [5, 5.41) is 8.74. The fraction of sp³-hybridized carbons (Fsp3) is 0.714. The molecule has 5 nitrogen and oxygen atoms in total. The zero-order valence-corrected chi connectivity index (χ0v) is 6.93. The number of ether oxygens (including phenoxy) is 1. The summed E-state index contributed by atoms with van der Waals surface area (Å²) in [5.41, 5.74) is 0. The number of carbonyl (C=O) groups is 1. The van der Waals surface area contributed by atoms with E-state index in [1.165, 1.54) is 6.34 Å². The highest BCUT2D eigenvalue weighted by Crippen LogP contribution is 2.03. The maximum atomic E-state index is 10.6. The molecule has 1 rings (SSSR count). The first-order valence-electron chi connectivity index (χ1n) is 3.85. The van der Waals surface area contributed by atoms with Gasteiger partial charge in [0.15, 0.2) is 0 Å². The normalized spacial score (nSPS) is 18.2. The molecule has 5 heteroatoms. The Morgan fingerprint density at radius 1 is 1.92 bits per heavy atom. The van der Waals surface area contributed by atoms with Crippen LogP contribution in [0.15, 0.2) is 4.99 Å². The first-order chi connectivity index (χ1) is 5.75. The molecule has 0 aromatic rings. The van der Waals surface area contributed by atoms with Crippen molar-refractivity contribution in [2.24, 2.45) is 4.99 Å². The molecule has 0 amide bonds. The summed E-state index contributed by atoms with van der Waals surface area (Å²) in [7, 11) is 0. The Morgan fingerprint density at radius 2 is 2.67 bits per heavy atom. The summed E-state index contributed by atoms with van der Waals surface area (Å²) in [6.07, 6.45) is 0.648. The van der Waals surface area contributed by atoms with Gasteiger partial charge >= 0.3 is 5.97 Å². The van der Waals surface area contributed by atoms with Gasteiger partial charge in [0.05, 0.1) is 12.9 Å². The summed E-state index contributed by atoms with van der Waals surface area (Å²) >= 11 is 0. The van der Waals surface area contributed by atoms with Gasteiger partial charge in [0, 0.05) is 13.2 Å². The van der Waals surface area contributed by atoms with E-state index in [-0.39, 0.29) is 0 Å². The lowest BCUT2D eigenvalue weighted by Crippen LogP contribution is -2.41. The Balaban J connectivity index is 2.52. The molecule has 0 bridgehead atoms.